The summed E-state index contributed by atoms with van der Waals surface area (Å²) in [6.45, 7) is 3.03. The Morgan fingerprint density at radius 3 is 2.82 bits per heavy atom. The largest absolute Gasteiger partial charge is 0.326 e. The zero-order valence-electron chi connectivity index (χ0n) is 9.45. The van der Waals surface area contributed by atoms with E-state index in [0.717, 1.165) is 16.8 Å². The van der Waals surface area contributed by atoms with Crippen molar-refractivity contribution in [1.29, 1.82) is 0 Å². The first kappa shape index (κ1) is 12.3. The molecule has 0 bridgehead atoms. The van der Waals surface area contributed by atoms with Crippen molar-refractivity contribution in [2.24, 2.45) is 5.73 Å². The molecule has 2 rings (SSSR count). The summed E-state index contributed by atoms with van der Waals surface area (Å²) in [4.78, 5) is 0. The van der Waals surface area contributed by atoms with E-state index in [2.05, 4.69) is 21.0 Å². The zero-order valence-corrected chi connectivity index (χ0v) is 11.0. The molecule has 0 fully saturated rings. The fourth-order valence-corrected chi connectivity index (χ4v) is 2.09. The molecule has 0 spiro atoms. The van der Waals surface area contributed by atoms with E-state index in [1.807, 2.05) is 17.8 Å². The fourth-order valence-electron chi connectivity index (χ4n) is 1.67. The highest BCUT2D eigenvalue weighted by molar-refractivity contribution is 9.10. The highest BCUT2D eigenvalue weighted by atomic mass is 79.9. The summed E-state index contributed by atoms with van der Waals surface area (Å²) in [5, 5.41) is 4.36. The predicted octanol–water partition coefficient (Wildman–Crippen LogP) is 2.60. The topological polar surface area (TPSA) is 43.8 Å². The maximum Gasteiger partial charge on any atom is 0.137 e. The summed E-state index contributed by atoms with van der Waals surface area (Å²) < 4.78 is 15.4. The molecule has 0 saturated heterocycles. The van der Waals surface area contributed by atoms with E-state index in [-0.39, 0.29) is 5.82 Å². The van der Waals surface area contributed by atoms with Gasteiger partial charge < -0.3 is 5.73 Å². The van der Waals surface area contributed by atoms with E-state index < -0.39 is 0 Å². The normalized spacial score (nSPS) is 10.8. The van der Waals surface area contributed by atoms with Crippen LogP contribution in [0.5, 0.6) is 0 Å². The van der Waals surface area contributed by atoms with Crippen molar-refractivity contribution >= 4 is 15.9 Å². The maximum atomic E-state index is 13.1. The summed E-state index contributed by atoms with van der Waals surface area (Å²) in [7, 11) is 0. The summed E-state index contributed by atoms with van der Waals surface area (Å²) >= 11 is 3.17. The van der Waals surface area contributed by atoms with E-state index in [1.54, 1.807) is 12.1 Å². The minimum absolute atomic E-state index is 0.256. The van der Waals surface area contributed by atoms with Crippen molar-refractivity contribution in [3.63, 3.8) is 0 Å². The number of nitrogens with zero attached hydrogens (tertiary/aromatic N) is 2. The Morgan fingerprint density at radius 1 is 1.47 bits per heavy atom. The fraction of sp³-hybridized carbons (Fsp3) is 0.250. The van der Waals surface area contributed by atoms with Gasteiger partial charge in [-0.25, -0.2) is 4.39 Å². The van der Waals surface area contributed by atoms with E-state index in [4.69, 9.17) is 5.73 Å². The van der Waals surface area contributed by atoms with Crippen molar-refractivity contribution in [3.05, 3.63) is 51.5 Å². The van der Waals surface area contributed by atoms with E-state index in [1.165, 1.54) is 6.07 Å². The molecule has 90 valence electrons. The van der Waals surface area contributed by atoms with E-state index in [9.17, 15) is 4.39 Å². The molecule has 1 aromatic carbocycles. The first-order valence-electron chi connectivity index (χ1n) is 5.27. The second-order valence-corrected chi connectivity index (χ2v) is 4.74. The molecule has 0 aliphatic rings. The maximum absolute atomic E-state index is 13.1. The van der Waals surface area contributed by atoms with Crippen LogP contribution in [0, 0.1) is 12.7 Å². The van der Waals surface area contributed by atoms with Gasteiger partial charge in [0.05, 0.1) is 16.7 Å². The predicted molar refractivity (Wildman–Crippen MR) is 68.1 cm³/mol. The molecule has 0 aliphatic carbocycles. The highest BCUT2D eigenvalue weighted by Crippen LogP contribution is 2.17. The van der Waals surface area contributed by atoms with Crippen LogP contribution in [0.25, 0.3) is 0 Å². The Balaban J connectivity index is 2.22. The highest BCUT2D eigenvalue weighted by Gasteiger charge is 2.05. The van der Waals surface area contributed by atoms with Crippen LogP contribution in [0.2, 0.25) is 0 Å². The summed E-state index contributed by atoms with van der Waals surface area (Å²) in [6, 6.07) is 4.95. The number of halogens is 2. The molecule has 1 heterocycles. The minimum atomic E-state index is -0.256. The minimum Gasteiger partial charge on any atom is -0.326 e. The van der Waals surface area contributed by atoms with Gasteiger partial charge in [-0.15, -0.1) is 0 Å². The number of aromatic nitrogens is 2. The van der Waals surface area contributed by atoms with E-state index >= 15 is 0 Å². The van der Waals surface area contributed by atoms with Gasteiger partial charge in [0.1, 0.15) is 5.82 Å². The monoisotopic (exact) mass is 297 g/mol. The number of hydrogen-bond donors (Lipinski definition) is 1. The number of aryl methyl sites for hydroxylation is 1. The number of nitrogens with two attached hydrogens (primary N) is 1. The Hall–Kier alpha value is -1.20. The summed E-state index contributed by atoms with van der Waals surface area (Å²) in [5.41, 5.74) is 8.55. The Morgan fingerprint density at radius 2 is 2.24 bits per heavy atom. The van der Waals surface area contributed by atoms with E-state index in [0.29, 0.717) is 17.6 Å². The van der Waals surface area contributed by atoms with Gasteiger partial charge in [0.2, 0.25) is 0 Å². The second kappa shape index (κ2) is 4.98. The van der Waals surface area contributed by atoms with Gasteiger partial charge in [-0.2, -0.15) is 5.10 Å². The van der Waals surface area contributed by atoms with Crippen LogP contribution < -0.4 is 5.73 Å². The lowest BCUT2D eigenvalue weighted by molar-refractivity contribution is 0.617. The zero-order chi connectivity index (χ0) is 12.4. The molecule has 0 amide bonds. The molecule has 3 nitrogen and oxygen atoms in total. The van der Waals surface area contributed by atoms with Gasteiger partial charge in [0.15, 0.2) is 0 Å². The average Bonchev–Trinajstić information content (AvgIpc) is 2.64. The van der Waals surface area contributed by atoms with Gasteiger partial charge in [0.25, 0.3) is 0 Å². The van der Waals surface area contributed by atoms with Crippen LogP contribution in [0.15, 0.2) is 28.9 Å². The van der Waals surface area contributed by atoms with Gasteiger partial charge in [-0.05, 0) is 40.5 Å². The third-order valence-electron chi connectivity index (χ3n) is 2.60. The Kier molecular flexibility index (Phi) is 3.59. The molecule has 0 aliphatic heterocycles. The Bertz CT molecular complexity index is 537. The van der Waals surface area contributed by atoms with Crippen molar-refractivity contribution < 1.29 is 4.39 Å². The molecule has 0 radical (unpaired) electrons. The summed E-state index contributed by atoms with van der Waals surface area (Å²) in [6.07, 6.45) is 1.92. The first-order chi connectivity index (χ1) is 8.10. The third-order valence-corrected chi connectivity index (χ3v) is 3.20. The first-order valence-corrected chi connectivity index (χ1v) is 6.06. The van der Waals surface area contributed by atoms with Gasteiger partial charge in [0, 0.05) is 18.3 Å². The molecular formula is C12H13BrFN3. The van der Waals surface area contributed by atoms with Crippen molar-refractivity contribution in [2.45, 2.75) is 20.0 Å². The lowest BCUT2D eigenvalue weighted by Gasteiger charge is -2.03. The molecule has 0 saturated carbocycles. The molecule has 2 aromatic rings. The molecular weight excluding hydrogens is 285 g/mol. The standard InChI is InChI=1S/C12H13BrFN3/c1-8-10(5-15)7-17(16-8)6-9-2-3-12(14)11(13)4-9/h2-4,7H,5-6,15H2,1H3. The Labute approximate surface area is 108 Å². The molecule has 0 unspecified atom stereocenters. The molecule has 1 aromatic heterocycles. The van der Waals surface area contributed by atoms with Crippen LogP contribution in [-0.4, -0.2) is 9.78 Å². The molecule has 0 atom stereocenters. The van der Waals surface area contributed by atoms with Crippen molar-refractivity contribution in [3.8, 4) is 0 Å². The number of rotatable bonds is 3. The quantitative estimate of drug-likeness (QED) is 0.946. The van der Waals surface area contributed by atoms with Crippen LogP contribution in [-0.2, 0) is 13.1 Å². The van der Waals surface area contributed by atoms with Gasteiger partial charge >= 0.3 is 0 Å². The summed E-state index contributed by atoms with van der Waals surface area (Å²) in [5.74, 6) is -0.256. The van der Waals surface area contributed by atoms with Crippen LogP contribution in [0.3, 0.4) is 0 Å². The number of benzene rings is 1. The SMILES string of the molecule is Cc1nn(Cc2ccc(F)c(Br)c2)cc1CN. The molecule has 5 heteroatoms. The lowest BCUT2D eigenvalue weighted by atomic mass is 10.2. The third kappa shape index (κ3) is 2.73. The average molecular weight is 298 g/mol. The second-order valence-electron chi connectivity index (χ2n) is 3.89. The smallest absolute Gasteiger partial charge is 0.137 e. The lowest BCUT2D eigenvalue weighted by Crippen LogP contribution is -2.00. The van der Waals surface area contributed by atoms with Crippen LogP contribution in [0.4, 0.5) is 4.39 Å². The molecule has 17 heavy (non-hydrogen) atoms. The van der Waals surface area contributed by atoms with Crippen LogP contribution >= 0.6 is 15.9 Å². The van der Waals surface area contributed by atoms with Crippen LogP contribution in [0.1, 0.15) is 16.8 Å². The number of hydrogen-bond acceptors (Lipinski definition) is 2. The molecule has 2 N–H and O–H groups in total. The van der Waals surface area contributed by atoms with Crippen molar-refractivity contribution in [2.75, 3.05) is 0 Å². The van der Waals surface area contributed by atoms with Gasteiger partial charge in [-0.3, -0.25) is 4.68 Å². The van der Waals surface area contributed by atoms with Crippen molar-refractivity contribution in [1.82, 2.24) is 9.78 Å². The van der Waals surface area contributed by atoms with Gasteiger partial charge in [-0.1, -0.05) is 6.07 Å².